The summed E-state index contributed by atoms with van der Waals surface area (Å²) in [7, 11) is 1.55. The second-order valence-electron chi connectivity index (χ2n) is 5.48. The molecule has 0 saturated carbocycles. The van der Waals surface area contributed by atoms with Gasteiger partial charge in [0.2, 0.25) is 0 Å². The van der Waals surface area contributed by atoms with Gasteiger partial charge in [0.05, 0.1) is 12.7 Å². The molecule has 25 heavy (non-hydrogen) atoms. The predicted octanol–water partition coefficient (Wildman–Crippen LogP) is 3.29. The van der Waals surface area contributed by atoms with Gasteiger partial charge in [-0.25, -0.2) is 4.79 Å². The van der Waals surface area contributed by atoms with Gasteiger partial charge >= 0.3 is 5.63 Å². The molecule has 3 rings (SSSR count). The number of ketones is 1. The minimum atomic E-state index is -0.481. The third-order valence-corrected chi connectivity index (χ3v) is 3.78. The van der Waals surface area contributed by atoms with Crippen LogP contribution in [0.3, 0.4) is 0 Å². The third-order valence-electron chi connectivity index (χ3n) is 3.78. The van der Waals surface area contributed by atoms with Crippen LogP contribution in [0.4, 0.5) is 0 Å². The number of methoxy groups -OCH3 is 1. The van der Waals surface area contributed by atoms with Crippen molar-refractivity contribution in [2.45, 2.75) is 13.5 Å². The van der Waals surface area contributed by atoms with E-state index in [1.165, 1.54) is 25.1 Å². The summed E-state index contributed by atoms with van der Waals surface area (Å²) < 4.78 is 16.0. The summed E-state index contributed by atoms with van der Waals surface area (Å²) in [6, 6.07) is 10.9. The van der Waals surface area contributed by atoms with Gasteiger partial charge in [0.25, 0.3) is 0 Å². The highest BCUT2D eigenvalue weighted by molar-refractivity contribution is 5.96. The van der Waals surface area contributed by atoms with Gasteiger partial charge < -0.3 is 19.0 Å². The lowest BCUT2D eigenvalue weighted by atomic mass is 10.1. The molecule has 0 aliphatic rings. The van der Waals surface area contributed by atoms with Crippen molar-refractivity contribution in [3.8, 4) is 17.2 Å². The van der Waals surface area contributed by atoms with E-state index in [0.29, 0.717) is 28.0 Å². The Morgan fingerprint density at radius 2 is 1.88 bits per heavy atom. The Kier molecular flexibility index (Phi) is 4.43. The van der Waals surface area contributed by atoms with E-state index in [1.54, 1.807) is 31.4 Å². The highest BCUT2D eigenvalue weighted by Gasteiger charge is 2.10. The summed E-state index contributed by atoms with van der Waals surface area (Å²) in [5, 5.41) is 10.6. The Morgan fingerprint density at radius 1 is 1.12 bits per heavy atom. The lowest BCUT2D eigenvalue weighted by Crippen LogP contribution is -2.04. The number of rotatable bonds is 5. The molecule has 0 saturated heterocycles. The molecular weight excluding hydrogens is 324 g/mol. The number of phenolic OH excluding ortho intramolecular Hbond substituents is 1. The molecule has 0 unspecified atom stereocenters. The van der Waals surface area contributed by atoms with Gasteiger partial charge in [0, 0.05) is 23.1 Å². The number of benzene rings is 2. The van der Waals surface area contributed by atoms with Crippen molar-refractivity contribution in [2.75, 3.05) is 7.11 Å². The normalized spacial score (nSPS) is 10.6. The monoisotopic (exact) mass is 340 g/mol. The summed E-state index contributed by atoms with van der Waals surface area (Å²) in [5.74, 6) is 0.629. The second-order valence-corrected chi connectivity index (χ2v) is 5.48. The van der Waals surface area contributed by atoms with E-state index < -0.39 is 5.63 Å². The van der Waals surface area contributed by atoms with Gasteiger partial charge in [-0.1, -0.05) is 0 Å². The van der Waals surface area contributed by atoms with E-state index in [9.17, 15) is 14.7 Å². The SMILES string of the molecule is COc1ccc2oc(=O)cc(COc3ccc(C(C)=O)c(O)c3)c2c1. The minimum Gasteiger partial charge on any atom is -0.507 e. The first-order valence-corrected chi connectivity index (χ1v) is 7.55. The molecule has 6 nitrogen and oxygen atoms in total. The highest BCUT2D eigenvalue weighted by Crippen LogP contribution is 2.27. The zero-order chi connectivity index (χ0) is 18.0. The van der Waals surface area contributed by atoms with Crippen LogP contribution in [0.25, 0.3) is 11.0 Å². The van der Waals surface area contributed by atoms with Gasteiger partial charge in [0.1, 0.15) is 29.4 Å². The van der Waals surface area contributed by atoms with Crippen LogP contribution in [-0.4, -0.2) is 18.0 Å². The molecule has 0 atom stereocenters. The van der Waals surface area contributed by atoms with Crippen molar-refractivity contribution in [2.24, 2.45) is 0 Å². The molecule has 128 valence electrons. The van der Waals surface area contributed by atoms with Crippen molar-refractivity contribution in [3.63, 3.8) is 0 Å². The van der Waals surface area contributed by atoms with Crippen LogP contribution in [0.1, 0.15) is 22.8 Å². The van der Waals surface area contributed by atoms with Crippen LogP contribution in [0.5, 0.6) is 17.2 Å². The van der Waals surface area contributed by atoms with Gasteiger partial charge in [-0.05, 0) is 37.3 Å². The van der Waals surface area contributed by atoms with Crippen LogP contribution < -0.4 is 15.1 Å². The van der Waals surface area contributed by atoms with E-state index in [1.807, 2.05) is 0 Å². The van der Waals surface area contributed by atoms with Crippen LogP contribution in [0.15, 0.2) is 51.7 Å². The van der Waals surface area contributed by atoms with Gasteiger partial charge in [-0.3, -0.25) is 4.79 Å². The fourth-order valence-electron chi connectivity index (χ4n) is 2.51. The number of hydrogen-bond acceptors (Lipinski definition) is 6. The number of phenols is 1. The molecule has 0 bridgehead atoms. The third kappa shape index (κ3) is 3.47. The topological polar surface area (TPSA) is 86.0 Å². The first-order chi connectivity index (χ1) is 12.0. The van der Waals surface area contributed by atoms with Crippen LogP contribution in [0.2, 0.25) is 0 Å². The van der Waals surface area contributed by atoms with E-state index in [2.05, 4.69) is 0 Å². The van der Waals surface area contributed by atoms with E-state index >= 15 is 0 Å². The van der Waals surface area contributed by atoms with Crippen LogP contribution in [0, 0.1) is 0 Å². The van der Waals surface area contributed by atoms with Gasteiger partial charge in [0.15, 0.2) is 5.78 Å². The van der Waals surface area contributed by atoms with E-state index in [4.69, 9.17) is 13.9 Å². The van der Waals surface area contributed by atoms with E-state index in [0.717, 1.165) is 0 Å². The number of aromatic hydroxyl groups is 1. The van der Waals surface area contributed by atoms with Gasteiger partial charge in [-0.15, -0.1) is 0 Å². The largest absolute Gasteiger partial charge is 0.507 e. The highest BCUT2D eigenvalue weighted by atomic mass is 16.5. The zero-order valence-electron chi connectivity index (χ0n) is 13.7. The molecule has 0 aliphatic carbocycles. The Bertz CT molecular complexity index is 1000. The lowest BCUT2D eigenvalue weighted by Gasteiger charge is -2.10. The standard InChI is InChI=1S/C19H16O6/c1-11(20)15-5-3-14(9-17(15)21)24-10-12-7-19(22)25-18-6-4-13(23-2)8-16(12)18/h3-9,21H,10H2,1-2H3. The predicted molar refractivity (Wildman–Crippen MR) is 91.5 cm³/mol. The number of Topliss-reactive ketones (excluding diaryl/α,β-unsaturated/α-hetero) is 1. The first kappa shape index (κ1) is 16.6. The Morgan fingerprint density at radius 3 is 2.56 bits per heavy atom. The zero-order valence-corrected chi connectivity index (χ0v) is 13.7. The maximum atomic E-state index is 11.7. The number of carbonyl (C=O) groups is 1. The number of fused-ring (bicyclic) bond motifs is 1. The maximum Gasteiger partial charge on any atom is 0.336 e. The molecule has 1 N–H and O–H groups in total. The average Bonchev–Trinajstić information content (AvgIpc) is 2.59. The summed E-state index contributed by atoms with van der Waals surface area (Å²) in [6.45, 7) is 1.46. The molecule has 0 radical (unpaired) electrons. The second kappa shape index (κ2) is 6.68. The Balaban J connectivity index is 1.91. The molecule has 2 aromatic carbocycles. The molecule has 1 heterocycles. The maximum absolute atomic E-state index is 11.7. The smallest absolute Gasteiger partial charge is 0.336 e. The molecule has 1 aromatic heterocycles. The first-order valence-electron chi connectivity index (χ1n) is 7.55. The molecule has 3 aromatic rings. The van der Waals surface area contributed by atoms with Crippen molar-refractivity contribution in [3.05, 3.63) is 64.0 Å². The van der Waals surface area contributed by atoms with Crippen molar-refractivity contribution in [1.82, 2.24) is 0 Å². The average molecular weight is 340 g/mol. The summed E-state index contributed by atoms with van der Waals surface area (Å²) >= 11 is 0. The summed E-state index contributed by atoms with van der Waals surface area (Å²) in [4.78, 5) is 23.1. The van der Waals surface area contributed by atoms with Crippen molar-refractivity contribution in [1.29, 1.82) is 0 Å². The minimum absolute atomic E-state index is 0.0914. The van der Waals surface area contributed by atoms with Crippen LogP contribution >= 0.6 is 0 Å². The molecular formula is C19H16O6. The number of carbonyl (C=O) groups excluding carboxylic acids is 1. The summed E-state index contributed by atoms with van der Waals surface area (Å²) in [5.41, 5.74) is 0.802. The fraction of sp³-hybridized carbons (Fsp3) is 0.158. The lowest BCUT2D eigenvalue weighted by molar-refractivity contribution is 0.101. The van der Waals surface area contributed by atoms with Crippen molar-refractivity contribution < 1.29 is 23.8 Å². The molecule has 0 spiro atoms. The van der Waals surface area contributed by atoms with Crippen LogP contribution in [-0.2, 0) is 6.61 Å². The molecule has 0 aliphatic heterocycles. The quantitative estimate of drug-likeness (QED) is 0.566. The number of ether oxygens (including phenoxy) is 2. The number of hydrogen-bond donors (Lipinski definition) is 1. The Labute approximate surface area is 143 Å². The summed E-state index contributed by atoms with van der Waals surface area (Å²) in [6.07, 6.45) is 0. The van der Waals surface area contributed by atoms with Gasteiger partial charge in [-0.2, -0.15) is 0 Å². The molecule has 0 fully saturated rings. The fourth-order valence-corrected chi connectivity index (χ4v) is 2.51. The molecule has 6 heteroatoms. The molecule has 0 amide bonds. The van der Waals surface area contributed by atoms with Crippen molar-refractivity contribution >= 4 is 16.8 Å². The Hall–Kier alpha value is -3.28. The van der Waals surface area contributed by atoms with E-state index in [-0.39, 0.29) is 23.7 Å².